The molecule has 3 heterocycles. The van der Waals surface area contributed by atoms with Gasteiger partial charge in [0, 0.05) is 36.6 Å². The number of nitrogens with zero attached hydrogens (tertiary/aromatic N) is 2. The lowest BCUT2D eigenvalue weighted by atomic mass is 9.85. The van der Waals surface area contributed by atoms with Crippen molar-refractivity contribution in [3.05, 3.63) is 53.3 Å². The van der Waals surface area contributed by atoms with Crippen molar-refractivity contribution in [2.45, 2.75) is 26.7 Å². The van der Waals surface area contributed by atoms with Crippen molar-refractivity contribution in [1.82, 2.24) is 14.8 Å². The number of carbonyl (C=O) groups is 3. The lowest BCUT2D eigenvalue weighted by molar-refractivity contribution is -0.128. The molecule has 2 fully saturated rings. The Bertz CT molecular complexity index is 916. The molecule has 2 aliphatic heterocycles. The molecule has 1 aromatic carbocycles. The van der Waals surface area contributed by atoms with E-state index in [9.17, 15) is 14.4 Å². The van der Waals surface area contributed by atoms with Crippen molar-refractivity contribution in [3.8, 4) is 5.69 Å². The van der Waals surface area contributed by atoms with E-state index in [0.717, 1.165) is 17.1 Å². The molecule has 2 saturated heterocycles. The molecule has 134 valence electrons. The lowest BCUT2D eigenvalue weighted by Gasteiger charge is -2.20. The van der Waals surface area contributed by atoms with Gasteiger partial charge in [0.15, 0.2) is 0 Å². The molecule has 6 heteroatoms. The van der Waals surface area contributed by atoms with Gasteiger partial charge in [0.1, 0.15) is 0 Å². The Hall–Kier alpha value is -2.89. The summed E-state index contributed by atoms with van der Waals surface area (Å²) < 4.78 is 2.06. The van der Waals surface area contributed by atoms with E-state index in [-0.39, 0.29) is 24.1 Å². The summed E-state index contributed by atoms with van der Waals surface area (Å²) >= 11 is 0. The van der Waals surface area contributed by atoms with Crippen LogP contribution in [0.15, 0.2) is 36.4 Å². The van der Waals surface area contributed by atoms with Crippen LogP contribution in [0.25, 0.3) is 5.69 Å². The molecule has 1 aromatic heterocycles. The summed E-state index contributed by atoms with van der Waals surface area (Å²) in [6.07, 6.45) is 0.715. The number of rotatable bonds is 2. The zero-order valence-electron chi connectivity index (χ0n) is 14.9. The Labute approximate surface area is 151 Å². The normalized spacial score (nSPS) is 22.3. The van der Waals surface area contributed by atoms with Crippen LogP contribution in [0.4, 0.5) is 0 Å². The van der Waals surface area contributed by atoms with Crippen LogP contribution in [0.3, 0.4) is 0 Å². The topological polar surface area (TPSA) is 71.4 Å². The number of benzene rings is 1. The monoisotopic (exact) mass is 351 g/mol. The van der Waals surface area contributed by atoms with Crippen molar-refractivity contribution in [3.63, 3.8) is 0 Å². The van der Waals surface area contributed by atoms with Crippen molar-refractivity contribution in [1.29, 1.82) is 0 Å². The average Bonchev–Trinajstić information content (AvgIpc) is 3.25. The third-order valence-corrected chi connectivity index (χ3v) is 5.55. The first-order chi connectivity index (χ1) is 12.4. The SMILES string of the molecule is Cc1cc(C(=O)N2CC[C@@]3(CC(=O)NC3=O)C2)c(C)n1-c1ccccc1. The van der Waals surface area contributed by atoms with Crippen LogP contribution in [0, 0.1) is 19.3 Å². The molecule has 0 saturated carbocycles. The second-order valence-corrected chi connectivity index (χ2v) is 7.27. The maximum absolute atomic E-state index is 13.1. The van der Waals surface area contributed by atoms with E-state index < -0.39 is 5.41 Å². The number of aromatic nitrogens is 1. The molecule has 3 amide bonds. The van der Waals surface area contributed by atoms with Crippen molar-refractivity contribution >= 4 is 17.7 Å². The highest BCUT2D eigenvalue weighted by Gasteiger charge is 2.52. The predicted molar refractivity (Wildman–Crippen MR) is 96.0 cm³/mol. The Morgan fingerprint density at radius 2 is 1.88 bits per heavy atom. The summed E-state index contributed by atoms with van der Waals surface area (Å²) in [4.78, 5) is 38.5. The molecular formula is C20H21N3O3. The van der Waals surface area contributed by atoms with Gasteiger partial charge in [0.2, 0.25) is 11.8 Å². The highest BCUT2D eigenvalue weighted by atomic mass is 16.2. The van der Waals surface area contributed by atoms with Crippen molar-refractivity contribution in [2.24, 2.45) is 5.41 Å². The zero-order valence-corrected chi connectivity index (χ0v) is 14.9. The molecule has 0 radical (unpaired) electrons. The third-order valence-electron chi connectivity index (χ3n) is 5.55. The molecule has 0 aliphatic carbocycles. The first-order valence-electron chi connectivity index (χ1n) is 8.79. The van der Waals surface area contributed by atoms with Gasteiger partial charge in [-0.05, 0) is 38.5 Å². The maximum atomic E-state index is 13.1. The molecule has 2 aromatic rings. The minimum Gasteiger partial charge on any atom is -0.337 e. The van der Waals surface area contributed by atoms with Gasteiger partial charge in [-0.3, -0.25) is 19.7 Å². The van der Waals surface area contributed by atoms with Crippen LogP contribution in [0.2, 0.25) is 0 Å². The number of likely N-dealkylation sites (tertiary alicyclic amines) is 1. The first kappa shape index (κ1) is 16.6. The van der Waals surface area contributed by atoms with Crippen LogP contribution in [0.1, 0.15) is 34.6 Å². The average molecular weight is 351 g/mol. The Morgan fingerprint density at radius 1 is 1.15 bits per heavy atom. The van der Waals surface area contributed by atoms with Gasteiger partial charge >= 0.3 is 0 Å². The summed E-state index contributed by atoms with van der Waals surface area (Å²) in [5, 5.41) is 2.37. The number of aryl methyl sites for hydroxylation is 1. The lowest BCUT2D eigenvalue weighted by Crippen LogP contribution is -2.36. The Balaban J connectivity index is 1.62. The van der Waals surface area contributed by atoms with E-state index in [1.165, 1.54) is 0 Å². The largest absolute Gasteiger partial charge is 0.337 e. The number of carbonyl (C=O) groups excluding carboxylic acids is 3. The molecule has 4 rings (SSSR count). The molecule has 26 heavy (non-hydrogen) atoms. The third kappa shape index (κ3) is 2.44. The van der Waals surface area contributed by atoms with Gasteiger partial charge in [-0.15, -0.1) is 0 Å². The second kappa shape index (κ2) is 5.83. The van der Waals surface area contributed by atoms with Gasteiger partial charge in [0.05, 0.1) is 11.0 Å². The fourth-order valence-corrected chi connectivity index (χ4v) is 4.19. The number of para-hydroxylation sites is 1. The molecule has 0 bridgehead atoms. The minimum atomic E-state index is -0.738. The predicted octanol–water partition coefficient (Wildman–Crippen LogP) is 1.97. The molecular weight excluding hydrogens is 330 g/mol. The zero-order chi connectivity index (χ0) is 18.5. The van der Waals surface area contributed by atoms with E-state index in [1.807, 2.05) is 50.2 Å². The van der Waals surface area contributed by atoms with E-state index in [4.69, 9.17) is 0 Å². The van der Waals surface area contributed by atoms with Crippen LogP contribution >= 0.6 is 0 Å². The summed E-state index contributed by atoms with van der Waals surface area (Å²) in [7, 11) is 0. The summed E-state index contributed by atoms with van der Waals surface area (Å²) in [5.41, 5.74) is 2.79. The van der Waals surface area contributed by atoms with Crippen LogP contribution in [-0.4, -0.2) is 40.3 Å². The standard InChI is InChI=1S/C20H21N3O3/c1-13-10-16(14(2)23(13)15-6-4-3-5-7-15)18(25)22-9-8-20(12-22)11-17(24)21-19(20)26/h3-7,10H,8-9,11-12H2,1-2H3,(H,21,24,26)/t20-/m1/s1. The number of nitrogens with one attached hydrogen (secondary N) is 1. The minimum absolute atomic E-state index is 0.0793. The first-order valence-corrected chi connectivity index (χ1v) is 8.79. The molecule has 1 N–H and O–H groups in total. The highest BCUT2D eigenvalue weighted by Crippen LogP contribution is 2.38. The molecule has 6 nitrogen and oxygen atoms in total. The smallest absolute Gasteiger partial charge is 0.255 e. The number of imide groups is 1. The highest BCUT2D eigenvalue weighted by molar-refractivity contribution is 6.07. The van der Waals surface area contributed by atoms with E-state index in [1.54, 1.807) is 4.90 Å². The molecule has 1 spiro atoms. The second-order valence-electron chi connectivity index (χ2n) is 7.27. The summed E-state index contributed by atoms with van der Waals surface area (Å²) in [6.45, 7) is 4.71. The maximum Gasteiger partial charge on any atom is 0.255 e. The molecule has 2 aliphatic rings. The quantitative estimate of drug-likeness (QED) is 0.841. The van der Waals surface area contributed by atoms with Crippen LogP contribution in [0.5, 0.6) is 0 Å². The van der Waals surface area contributed by atoms with Gasteiger partial charge in [-0.25, -0.2) is 0 Å². The number of hydrogen-bond acceptors (Lipinski definition) is 3. The summed E-state index contributed by atoms with van der Waals surface area (Å²) in [6, 6.07) is 11.8. The van der Waals surface area contributed by atoms with Crippen LogP contribution < -0.4 is 5.32 Å². The number of amides is 3. The molecule has 0 unspecified atom stereocenters. The van der Waals surface area contributed by atoms with Gasteiger partial charge in [0.25, 0.3) is 5.91 Å². The van der Waals surface area contributed by atoms with Crippen LogP contribution in [-0.2, 0) is 9.59 Å². The fraction of sp³-hybridized carbons (Fsp3) is 0.350. The Morgan fingerprint density at radius 3 is 2.54 bits per heavy atom. The molecule has 1 atom stereocenters. The van der Waals surface area contributed by atoms with E-state index in [2.05, 4.69) is 9.88 Å². The van der Waals surface area contributed by atoms with E-state index in [0.29, 0.717) is 25.1 Å². The number of hydrogen-bond donors (Lipinski definition) is 1. The fourth-order valence-electron chi connectivity index (χ4n) is 4.19. The van der Waals surface area contributed by atoms with Gasteiger partial charge in [-0.2, -0.15) is 0 Å². The summed E-state index contributed by atoms with van der Waals surface area (Å²) in [5.74, 6) is -0.566. The van der Waals surface area contributed by atoms with Gasteiger partial charge < -0.3 is 9.47 Å². The van der Waals surface area contributed by atoms with E-state index >= 15 is 0 Å². The van der Waals surface area contributed by atoms with Gasteiger partial charge in [-0.1, -0.05) is 18.2 Å². The van der Waals surface area contributed by atoms with Crippen molar-refractivity contribution < 1.29 is 14.4 Å². The Kier molecular flexibility index (Phi) is 3.72. The van der Waals surface area contributed by atoms with Crippen molar-refractivity contribution in [2.75, 3.05) is 13.1 Å².